The lowest BCUT2D eigenvalue weighted by atomic mass is 9.93. The number of carbonyl (C=O) groups is 1. The number of aryl methyl sites for hydroxylation is 1. The molecule has 0 radical (unpaired) electrons. The van der Waals surface area contributed by atoms with E-state index in [-0.39, 0.29) is 0 Å². The molecule has 0 bridgehead atoms. The summed E-state index contributed by atoms with van der Waals surface area (Å²) in [4.78, 5) is 21.4. The van der Waals surface area contributed by atoms with Crippen molar-refractivity contribution in [3.05, 3.63) is 35.8 Å². The van der Waals surface area contributed by atoms with E-state index in [2.05, 4.69) is 44.4 Å². The zero-order valence-electron chi connectivity index (χ0n) is 15.2. The van der Waals surface area contributed by atoms with Crippen molar-refractivity contribution in [2.24, 2.45) is 5.92 Å². The van der Waals surface area contributed by atoms with Gasteiger partial charge in [-0.05, 0) is 63.2 Å². The van der Waals surface area contributed by atoms with Crippen LogP contribution in [0.4, 0.5) is 0 Å². The molecule has 5 nitrogen and oxygen atoms in total. The Labute approximate surface area is 149 Å². The van der Waals surface area contributed by atoms with Crippen molar-refractivity contribution < 1.29 is 4.79 Å². The number of likely N-dealkylation sites (tertiary alicyclic amines) is 2. The van der Waals surface area contributed by atoms with Gasteiger partial charge < -0.3 is 9.30 Å². The first-order valence-corrected chi connectivity index (χ1v) is 9.62. The molecule has 0 aromatic carbocycles. The summed E-state index contributed by atoms with van der Waals surface area (Å²) < 4.78 is 2.21. The quantitative estimate of drug-likeness (QED) is 0.859. The SMILES string of the molecule is Cc1ccc2ncc(CN3CCC(CC(=O)N4CCCC4)CC3)n2c1. The summed E-state index contributed by atoms with van der Waals surface area (Å²) in [7, 11) is 0. The van der Waals surface area contributed by atoms with Gasteiger partial charge in [0.15, 0.2) is 0 Å². The number of pyridine rings is 1. The Morgan fingerprint density at radius 2 is 1.92 bits per heavy atom. The Hall–Kier alpha value is -1.88. The fraction of sp³-hybridized carbons (Fsp3) is 0.600. The Kier molecular flexibility index (Phi) is 4.75. The number of carbonyl (C=O) groups excluding carboxylic acids is 1. The van der Waals surface area contributed by atoms with E-state index in [1.54, 1.807) is 0 Å². The molecule has 1 amide bonds. The minimum absolute atomic E-state index is 0.383. The van der Waals surface area contributed by atoms with Crippen molar-refractivity contribution in [2.45, 2.75) is 45.6 Å². The number of amides is 1. The predicted molar refractivity (Wildman–Crippen MR) is 98.4 cm³/mol. The first-order chi connectivity index (χ1) is 12.2. The molecule has 2 aromatic rings. The highest BCUT2D eigenvalue weighted by Gasteiger charge is 2.25. The van der Waals surface area contributed by atoms with Crippen LogP contribution in [0.1, 0.15) is 43.4 Å². The van der Waals surface area contributed by atoms with Gasteiger partial charge in [0.2, 0.25) is 5.91 Å². The van der Waals surface area contributed by atoms with Crippen molar-refractivity contribution >= 4 is 11.6 Å². The van der Waals surface area contributed by atoms with Crippen LogP contribution in [0.2, 0.25) is 0 Å². The molecule has 5 heteroatoms. The summed E-state index contributed by atoms with van der Waals surface area (Å²) in [6.45, 7) is 7.17. The molecule has 2 aliphatic heterocycles. The fourth-order valence-corrected chi connectivity index (χ4v) is 4.17. The highest BCUT2D eigenvalue weighted by Crippen LogP contribution is 2.24. The molecule has 0 spiro atoms. The second-order valence-electron chi connectivity index (χ2n) is 7.70. The summed E-state index contributed by atoms with van der Waals surface area (Å²) in [5.41, 5.74) is 3.53. The van der Waals surface area contributed by atoms with Crippen LogP contribution in [0, 0.1) is 12.8 Å². The molecule has 4 heterocycles. The van der Waals surface area contributed by atoms with E-state index in [9.17, 15) is 4.79 Å². The minimum atomic E-state index is 0.383. The minimum Gasteiger partial charge on any atom is -0.343 e. The number of hydrogen-bond acceptors (Lipinski definition) is 3. The number of fused-ring (bicyclic) bond motifs is 1. The van der Waals surface area contributed by atoms with Crippen LogP contribution < -0.4 is 0 Å². The zero-order valence-corrected chi connectivity index (χ0v) is 15.2. The van der Waals surface area contributed by atoms with Crippen molar-refractivity contribution in [3.8, 4) is 0 Å². The normalized spacial score (nSPS) is 19.8. The zero-order chi connectivity index (χ0) is 17.2. The summed E-state index contributed by atoms with van der Waals surface area (Å²) in [6.07, 6.45) is 9.55. The first-order valence-electron chi connectivity index (χ1n) is 9.62. The third-order valence-corrected chi connectivity index (χ3v) is 5.74. The molecule has 0 aliphatic carbocycles. The van der Waals surface area contributed by atoms with Crippen LogP contribution in [-0.4, -0.2) is 51.3 Å². The third-order valence-electron chi connectivity index (χ3n) is 5.74. The van der Waals surface area contributed by atoms with Crippen LogP contribution >= 0.6 is 0 Å². The molecule has 2 aliphatic rings. The standard InChI is InChI=1S/C20H28N4O/c1-16-4-5-19-21-13-18(24(19)14-16)15-22-10-6-17(7-11-22)12-20(25)23-8-2-3-9-23/h4-5,13-14,17H,2-3,6-12,15H2,1H3. The summed E-state index contributed by atoms with van der Waals surface area (Å²) in [5, 5.41) is 0. The van der Waals surface area contributed by atoms with Gasteiger partial charge in [0.1, 0.15) is 5.65 Å². The molecule has 0 N–H and O–H groups in total. The van der Waals surface area contributed by atoms with Gasteiger partial charge in [0.05, 0.1) is 11.9 Å². The Morgan fingerprint density at radius 1 is 1.16 bits per heavy atom. The van der Waals surface area contributed by atoms with Gasteiger partial charge in [-0.25, -0.2) is 4.98 Å². The molecule has 2 aromatic heterocycles. The number of nitrogens with zero attached hydrogens (tertiary/aromatic N) is 4. The lowest BCUT2D eigenvalue weighted by Crippen LogP contribution is -2.36. The van der Waals surface area contributed by atoms with E-state index < -0.39 is 0 Å². The maximum absolute atomic E-state index is 12.3. The number of hydrogen-bond donors (Lipinski definition) is 0. The van der Waals surface area contributed by atoms with Crippen LogP contribution in [0.3, 0.4) is 0 Å². The van der Waals surface area contributed by atoms with Crippen molar-refractivity contribution in [1.29, 1.82) is 0 Å². The third kappa shape index (κ3) is 3.71. The number of rotatable bonds is 4. The van der Waals surface area contributed by atoms with Gasteiger partial charge in [-0.2, -0.15) is 0 Å². The van der Waals surface area contributed by atoms with E-state index in [1.165, 1.54) is 24.1 Å². The first kappa shape index (κ1) is 16.6. The average molecular weight is 340 g/mol. The van der Waals surface area contributed by atoms with Gasteiger partial charge in [-0.1, -0.05) is 6.07 Å². The number of aromatic nitrogens is 2. The maximum Gasteiger partial charge on any atom is 0.222 e. The molecule has 0 atom stereocenters. The van der Waals surface area contributed by atoms with Gasteiger partial charge in [-0.15, -0.1) is 0 Å². The average Bonchev–Trinajstić information content (AvgIpc) is 3.27. The van der Waals surface area contributed by atoms with Crippen LogP contribution in [-0.2, 0) is 11.3 Å². The second kappa shape index (κ2) is 7.16. The van der Waals surface area contributed by atoms with E-state index in [1.807, 2.05) is 6.20 Å². The molecule has 4 rings (SSSR count). The van der Waals surface area contributed by atoms with E-state index in [4.69, 9.17) is 0 Å². The van der Waals surface area contributed by atoms with E-state index >= 15 is 0 Å². The van der Waals surface area contributed by atoms with Crippen LogP contribution in [0.25, 0.3) is 5.65 Å². The molecule has 0 saturated carbocycles. The van der Waals surface area contributed by atoms with E-state index in [0.717, 1.165) is 57.6 Å². The molecular weight excluding hydrogens is 312 g/mol. The Morgan fingerprint density at radius 3 is 2.68 bits per heavy atom. The second-order valence-corrected chi connectivity index (χ2v) is 7.70. The highest BCUT2D eigenvalue weighted by molar-refractivity contribution is 5.76. The summed E-state index contributed by atoms with van der Waals surface area (Å²) in [5.74, 6) is 0.946. The van der Waals surface area contributed by atoms with Gasteiger partial charge in [0, 0.05) is 32.3 Å². The molecular formula is C20H28N4O. The number of imidazole rings is 1. The lowest BCUT2D eigenvalue weighted by Gasteiger charge is -2.32. The van der Waals surface area contributed by atoms with Crippen molar-refractivity contribution in [2.75, 3.05) is 26.2 Å². The highest BCUT2D eigenvalue weighted by atomic mass is 16.2. The molecule has 0 unspecified atom stereocenters. The summed E-state index contributed by atoms with van der Waals surface area (Å²) >= 11 is 0. The largest absolute Gasteiger partial charge is 0.343 e. The van der Waals surface area contributed by atoms with Gasteiger partial charge >= 0.3 is 0 Å². The van der Waals surface area contributed by atoms with Gasteiger partial charge in [0.25, 0.3) is 0 Å². The van der Waals surface area contributed by atoms with Crippen molar-refractivity contribution in [3.63, 3.8) is 0 Å². The van der Waals surface area contributed by atoms with Crippen LogP contribution in [0.5, 0.6) is 0 Å². The van der Waals surface area contributed by atoms with E-state index in [0.29, 0.717) is 11.8 Å². The molecule has 2 saturated heterocycles. The smallest absolute Gasteiger partial charge is 0.222 e. The maximum atomic E-state index is 12.3. The monoisotopic (exact) mass is 340 g/mol. The number of piperidine rings is 1. The lowest BCUT2D eigenvalue weighted by molar-refractivity contribution is -0.131. The Balaban J connectivity index is 1.31. The molecule has 134 valence electrons. The topological polar surface area (TPSA) is 40.9 Å². The summed E-state index contributed by atoms with van der Waals surface area (Å²) in [6, 6.07) is 4.18. The van der Waals surface area contributed by atoms with Crippen LogP contribution in [0.15, 0.2) is 24.5 Å². The Bertz CT molecular complexity index is 739. The molecule has 2 fully saturated rings. The predicted octanol–water partition coefficient (Wildman–Crippen LogP) is 2.87. The van der Waals surface area contributed by atoms with Crippen molar-refractivity contribution in [1.82, 2.24) is 19.2 Å². The molecule has 25 heavy (non-hydrogen) atoms. The fourth-order valence-electron chi connectivity index (χ4n) is 4.17. The van der Waals surface area contributed by atoms with Gasteiger partial charge in [-0.3, -0.25) is 9.69 Å².